The SMILES string of the molecule is CCOc1nn(Cc2ccc(-c3ccccc3-c3nn[nH]n3)cc2)c(=O)c(Br)c1Br. The molecular weight excluding hydrogens is 516 g/mol. The van der Waals surface area contributed by atoms with E-state index in [4.69, 9.17) is 4.74 Å². The zero-order valence-corrected chi connectivity index (χ0v) is 19.0. The number of nitrogens with zero attached hydrogens (tertiary/aromatic N) is 5. The molecule has 2 aromatic carbocycles. The predicted octanol–water partition coefficient (Wildman–Crippen LogP) is 4.06. The summed E-state index contributed by atoms with van der Waals surface area (Å²) in [5, 5.41) is 18.6. The quantitative estimate of drug-likeness (QED) is 0.403. The Hall–Kier alpha value is -2.85. The number of benzene rings is 2. The zero-order valence-electron chi connectivity index (χ0n) is 15.8. The summed E-state index contributed by atoms with van der Waals surface area (Å²) >= 11 is 6.66. The third-order valence-corrected chi connectivity index (χ3v) is 6.41. The molecule has 0 bridgehead atoms. The Bertz CT molecular complexity index is 1220. The van der Waals surface area contributed by atoms with Gasteiger partial charge in [0.2, 0.25) is 11.7 Å². The predicted molar refractivity (Wildman–Crippen MR) is 119 cm³/mol. The van der Waals surface area contributed by atoms with E-state index >= 15 is 0 Å². The van der Waals surface area contributed by atoms with Crippen molar-refractivity contribution >= 4 is 31.9 Å². The standard InChI is InChI=1S/C20H16Br2N6O2/c1-2-30-19-16(21)17(22)20(29)28(25-19)11-12-7-9-13(10-8-12)14-5-3-4-6-15(14)18-23-26-27-24-18/h3-10H,2,11H2,1H3,(H,23,24,26,27). The van der Waals surface area contributed by atoms with E-state index in [0.29, 0.717) is 33.8 Å². The highest BCUT2D eigenvalue weighted by Crippen LogP contribution is 2.30. The number of rotatable bonds is 6. The molecule has 0 saturated carbocycles. The number of nitrogens with one attached hydrogen (secondary N) is 1. The van der Waals surface area contributed by atoms with E-state index in [1.807, 2.05) is 55.5 Å². The molecule has 8 nitrogen and oxygen atoms in total. The Morgan fingerprint density at radius 3 is 2.43 bits per heavy atom. The van der Waals surface area contributed by atoms with E-state index < -0.39 is 0 Å². The van der Waals surface area contributed by atoms with Gasteiger partial charge in [0.05, 0.1) is 13.2 Å². The molecule has 0 saturated heterocycles. The molecule has 152 valence electrons. The summed E-state index contributed by atoms with van der Waals surface area (Å²) in [6.45, 7) is 2.63. The topological polar surface area (TPSA) is 98.6 Å². The van der Waals surface area contributed by atoms with E-state index in [2.05, 4.69) is 57.6 Å². The molecule has 0 aliphatic carbocycles. The van der Waals surface area contributed by atoms with Crippen molar-refractivity contribution in [3.8, 4) is 28.4 Å². The van der Waals surface area contributed by atoms with Gasteiger partial charge in [-0.1, -0.05) is 48.5 Å². The number of hydrogen-bond donors (Lipinski definition) is 1. The minimum Gasteiger partial charge on any atom is -0.476 e. The Morgan fingerprint density at radius 1 is 1.03 bits per heavy atom. The lowest BCUT2D eigenvalue weighted by Gasteiger charge is -2.12. The molecule has 2 heterocycles. The highest BCUT2D eigenvalue weighted by molar-refractivity contribution is 9.13. The first-order chi connectivity index (χ1) is 14.6. The maximum Gasteiger partial charge on any atom is 0.282 e. The number of aromatic nitrogens is 6. The fourth-order valence-electron chi connectivity index (χ4n) is 3.00. The first-order valence-corrected chi connectivity index (χ1v) is 10.7. The van der Waals surface area contributed by atoms with E-state index in [1.165, 1.54) is 4.68 Å². The van der Waals surface area contributed by atoms with Crippen molar-refractivity contribution in [3.05, 3.63) is 73.4 Å². The molecule has 4 aromatic rings. The van der Waals surface area contributed by atoms with Gasteiger partial charge in [0.1, 0.15) is 8.95 Å². The molecule has 0 aliphatic heterocycles. The number of tetrazole rings is 1. The largest absolute Gasteiger partial charge is 0.476 e. The van der Waals surface area contributed by atoms with Gasteiger partial charge in [-0.3, -0.25) is 4.79 Å². The lowest BCUT2D eigenvalue weighted by Crippen LogP contribution is -2.25. The van der Waals surface area contributed by atoms with Crippen LogP contribution >= 0.6 is 31.9 Å². The number of aromatic amines is 1. The average molecular weight is 532 g/mol. The van der Waals surface area contributed by atoms with Gasteiger partial charge in [-0.25, -0.2) is 4.68 Å². The Labute approximate surface area is 188 Å². The van der Waals surface area contributed by atoms with Gasteiger partial charge in [0, 0.05) is 5.56 Å². The van der Waals surface area contributed by atoms with Gasteiger partial charge >= 0.3 is 0 Å². The Kier molecular flexibility index (Phi) is 6.05. The molecule has 0 spiro atoms. The van der Waals surface area contributed by atoms with Crippen LogP contribution in [0.3, 0.4) is 0 Å². The lowest BCUT2D eigenvalue weighted by atomic mass is 9.98. The molecule has 0 radical (unpaired) electrons. The second-order valence-corrected chi connectivity index (χ2v) is 7.89. The number of H-pyrrole nitrogens is 1. The van der Waals surface area contributed by atoms with Crippen molar-refractivity contribution in [2.24, 2.45) is 0 Å². The van der Waals surface area contributed by atoms with E-state index in [0.717, 1.165) is 22.3 Å². The van der Waals surface area contributed by atoms with Crippen LogP contribution in [0.5, 0.6) is 5.88 Å². The molecule has 0 amide bonds. The van der Waals surface area contributed by atoms with Gasteiger partial charge in [-0.05, 0) is 60.7 Å². The minimum absolute atomic E-state index is 0.239. The van der Waals surface area contributed by atoms with Crippen molar-refractivity contribution in [2.75, 3.05) is 6.61 Å². The Balaban J connectivity index is 1.64. The first-order valence-electron chi connectivity index (χ1n) is 9.09. The number of halogens is 2. The monoisotopic (exact) mass is 530 g/mol. The van der Waals surface area contributed by atoms with E-state index in [1.54, 1.807) is 0 Å². The van der Waals surface area contributed by atoms with Crippen molar-refractivity contribution in [2.45, 2.75) is 13.5 Å². The fraction of sp³-hybridized carbons (Fsp3) is 0.150. The van der Waals surface area contributed by atoms with Gasteiger partial charge in [0.15, 0.2) is 0 Å². The number of ether oxygens (including phenoxy) is 1. The maximum absolute atomic E-state index is 12.6. The summed E-state index contributed by atoms with van der Waals surface area (Å²) in [5.74, 6) is 0.906. The lowest BCUT2D eigenvalue weighted by molar-refractivity contribution is 0.311. The first kappa shape index (κ1) is 20.4. The summed E-state index contributed by atoms with van der Waals surface area (Å²) in [6.07, 6.45) is 0. The number of hydrogen-bond acceptors (Lipinski definition) is 6. The molecule has 2 aromatic heterocycles. The third kappa shape index (κ3) is 4.05. The second kappa shape index (κ2) is 8.88. The van der Waals surface area contributed by atoms with Crippen LogP contribution in [0.2, 0.25) is 0 Å². The van der Waals surface area contributed by atoms with Crippen molar-refractivity contribution in [1.29, 1.82) is 0 Å². The van der Waals surface area contributed by atoms with Crippen LogP contribution in [0, 0.1) is 0 Å². The molecule has 1 N–H and O–H groups in total. The maximum atomic E-state index is 12.6. The molecule has 0 unspecified atom stereocenters. The van der Waals surface area contributed by atoms with Crippen molar-refractivity contribution in [3.63, 3.8) is 0 Å². The van der Waals surface area contributed by atoms with Crippen molar-refractivity contribution in [1.82, 2.24) is 30.4 Å². The average Bonchev–Trinajstić information content (AvgIpc) is 3.31. The van der Waals surface area contributed by atoms with E-state index in [9.17, 15) is 4.79 Å². The smallest absolute Gasteiger partial charge is 0.282 e. The van der Waals surface area contributed by atoms with Crippen LogP contribution in [-0.2, 0) is 6.54 Å². The Morgan fingerprint density at radius 2 is 1.77 bits per heavy atom. The second-order valence-electron chi connectivity index (χ2n) is 6.31. The molecule has 0 aliphatic rings. The summed E-state index contributed by atoms with van der Waals surface area (Å²) in [7, 11) is 0. The fourth-order valence-corrected chi connectivity index (χ4v) is 3.74. The summed E-state index contributed by atoms with van der Waals surface area (Å²) < 4.78 is 7.78. The van der Waals surface area contributed by atoms with Gasteiger partial charge < -0.3 is 4.74 Å². The highest BCUT2D eigenvalue weighted by atomic mass is 79.9. The van der Waals surface area contributed by atoms with Gasteiger partial charge in [-0.15, -0.1) is 15.3 Å². The molecule has 0 atom stereocenters. The van der Waals surface area contributed by atoms with Crippen LogP contribution in [0.15, 0.2) is 62.3 Å². The molecule has 10 heteroatoms. The summed E-state index contributed by atoms with van der Waals surface area (Å²) in [4.78, 5) is 12.6. The molecule has 0 fully saturated rings. The van der Waals surface area contributed by atoms with Crippen molar-refractivity contribution < 1.29 is 4.74 Å². The third-order valence-electron chi connectivity index (χ3n) is 4.41. The van der Waals surface area contributed by atoms with Crippen LogP contribution < -0.4 is 10.3 Å². The molecular formula is C20H16Br2N6O2. The summed E-state index contributed by atoms with van der Waals surface area (Å²) in [6, 6.07) is 15.8. The van der Waals surface area contributed by atoms with Crippen LogP contribution in [-0.4, -0.2) is 37.0 Å². The zero-order chi connectivity index (χ0) is 21.1. The summed E-state index contributed by atoms with van der Waals surface area (Å²) in [5.41, 5.74) is 3.58. The van der Waals surface area contributed by atoms with Crippen LogP contribution in [0.25, 0.3) is 22.5 Å². The van der Waals surface area contributed by atoms with Gasteiger partial charge in [0.25, 0.3) is 5.56 Å². The van der Waals surface area contributed by atoms with Crippen LogP contribution in [0.1, 0.15) is 12.5 Å². The normalized spacial score (nSPS) is 10.9. The highest BCUT2D eigenvalue weighted by Gasteiger charge is 2.15. The van der Waals surface area contributed by atoms with Crippen LogP contribution in [0.4, 0.5) is 0 Å². The van der Waals surface area contributed by atoms with Gasteiger partial charge in [-0.2, -0.15) is 5.21 Å². The molecule has 4 rings (SSSR count). The van der Waals surface area contributed by atoms with E-state index in [-0.39, 0.29) is 5.56 Å². The minimum atomic E-state index is -0.239. The molecule has 30 heavy (non-hydrogen) atoms.